The van der Waals surface area contributed by atoms with E-state index in [0.717, 1.165) is 33.0 Å². The molecule has 3 rings (SSSR count). The average Bonchev–Trinajstić information content (AvgIpc) is 2.68. The van der Waals surface area contributed by atoms with Crippen LogP contribution in [0, 0.1) is 6.92 Å². The molecule has 0 fully saturated rings. The molecule has 1 amide bonds. The Labute approximate surface area is 170 Å². The van der Waals surface area contributed by atoms with E-state index in [1.54, 1.807) is 12.4 Å². The van der Waals surface area contributed by atoms with E-state index in [-0.39, 0.29) is 17.2 Å². The summed E-state index contributed by atoms with van der Waals surface area (Å²) in [5, 5.41) is 3.15. The second-order valence-electron chi connectivity index (χ2n) is 5.89. The zero-order chi connectivity index (χ0) is 19.2. The predicted octanol–water partition coefficient (Wildman–Crippen LogP) is 3.71. The van der Waals surface area contributed by atoms with Crippen LogP contribution in [-0.4, -0.2) is 21.2 Å². The van der Waals surface area contributed by atoms with Gasteiger partial charge >= 0.3 is 0 Å². The predicted molar refractivity (Wildman–Crippen MR) is 111 cm³/mol. The molecule has 27 heavy (non-hydrogen) atoms. The molecule has 3 aromatic rings. The molecule has 0 spiro atoms. The highest BCUT2D eigenvalue weighted by atomic mass is 79.9. The molecule has 0 radical (unpaired) electrons. The number of rotatable bonds is 6. The molecule has 0 bridgehead atoms. The maximum absolute atomic E-state index is 12.7. The van der Waals surface area contributed by atoms with Gasteiger partial charge in [0.2, 0.25) is 5.91 Å². The fourth-order valence-corrected chi connectivity index (χ4v) is 3.43. The minimum Gasteiger partial charge on any atom is -0.351 e. The number of hydrogen-bond acceptors (Lipinski definition) is 4. The summed E-state index contributed by atoms with van der Waals surface area (Å²) in [6.07, 6.45) is 3.20. The molecule has 0 unspecified atom stereocenters. The number of aromatic nitrogens is 2. The van der Waals surface area contributed by atoms with E-state index in [1.165, 1.54) is 4.57 Å². The number of thioether (sulfide) groups is 1. The van der Waals surface area contributed by atoms with Crippen LogP contribution in [0.25, 0.3) is 5.69 Å². The summed E-state index contributed by atoms with van der Waals surface area (Å²) in [5.74, 6) is -0.00159. The van der Waals surface area contributed by atoms with Gasteiger partial charge in [0.05, 0.1) is 5.75 Å². The van der Waals surface area contributed by atoms with Crippen molar-refractivity contribution in [3.05, 3.63) is 86.9 Å². The average molecular weight is 444 g/mol. The number of carbonyl (C=O) groups excluding carboxylic acids is 1. The van der Waals surface area contributed by atoms with Crippen molar-refractivity contribution in [3.8, 4) is 5.69 Å². The molecule has 5 nitrogen and oxygen atoms in total. The second-order valence-corrected chi connectivity index (χ2v) is 7.71. The first-order valence-electron chi connectivity index (χ1n) is 8.32. The highest BCUT2D eigenvalue weighted by Crippen LogP contribution is 2.19. The van der Waals surface area contributed by atoms with E-state index in [0.29, 0.717) is 11.6 Å². The van der Waals surface area contributed by atoms with Crippen LogP contribution in [0.15, 0.2) is 75.2 Å². The van der Waals surface area contributed by atoms with Gasteiger partial charge in [0.15, 0.2) is 5.03 Å². The van der Waals surface area contributed by atoms with Gasteiger partial charge in [-0.25, -0.2) is 4.98 Å². The number of hydrogen-bond donors (Lipinski definition) is 1. The molecule has 138 valence electrons. The molecule has 0 aliphatic heterocycles. The first-order valence-corrected chi connectivity index (χ1v) is 10.1. The topological polar surface area (TPSA) is 64.0 Å². The number of halogens is 1. The monoisotopic (exact) mass is 443 g/mol. The molecule has 1 aromatic heterocycles. The largest absolute Gasteiger partial charge is 0.351 e. The van der Waals surface area contributed by atoms with Gasteiger partial charge in [-0.1, -0.05) is 58.0 Å². The summed E-state index contributed by atoms with van der Waals surface area (Å²) >= 11 is 4.60. The third-order valence-corrected chi connectivity index (χ3v) is 5.75. The standard InChI is InChI=1S/C20H18BrN3O2S/c1-14-11-16(7-8-17(14)21)24-10-9-22-19(20(24)26)27-13-18(25)23-12-15-5-3-2-4-6-15/h2-11H,12-13H2,1H3,(H,23,25). The van der Waals surface area contributed by atoms with E-state index in [4.69, 9.17) is 0 Å². The lowest BCUT2D eigenvalue weighted by Gasteiger charge is -2.09. The Morgan fingerprint density at radius 2 is 2.00 bits per heavy atom. The number of nitrogens with zero attached hydrogens (tertiary/aromatic N) is 2. The molecular weight excluding hydrogens is 426 g/mol. The molecule has 1 heterocycles. The second kappa shape index (κ2) is 9.01. The van der Waals surface area contributed by atoms with Crippen molar-refractivity contribution in [1.82, 2.24) is 14.9 Å². The van der Waals surface area contributed by atoms with Crippen molar-refractivity contribution in [3.63, 3.8) is 0 Å². The van der Waals surface area contributed by atoms with Gasteiger partial charge in [0.1, 0.15) is 0 Å². The van der Waals surface area contributed by atoms with Crippen molar-refractivity contribution in [2.24, 2.45) is 0 Å². The quantitative estimate of drug-likeness (QED) is 0.589. The van der Waals surface area contributed by atoms with E-state index in [9.17, 15) is 9.59 Å². The van der Waals surface area contributed by atoms with E-state index < -0.39 is 0 Å². The van der Waals surface area contributed by atoms with Gasteiger partial charge in [0, 0.05) is 29.1 Å². The van der Waals surface area contributed by atoms with Crippen LogP contribution in [0.2, 0.25) is 0 Å². The molecule has 0 saturated carbocycles. The van der Waals surface area contributed by atoms with Crippen molar-refractivity contribution >= 4 is 33.6 Å². The smallest absolute Gasteiger partial charge is 0.287 e. The molecule has 7 heteroatoms. The van der Waals surface area contributed by atoms with Crippen molar-refractivity contribution < 1.29 is 4.79 Å². The Kier molecular flexibility index (Phi) is 6.47. The van der Waals surface area contributed by atoms with Crippen LogP contribution in [0.3, 0.4) is 0 Å². The van der Waals surface area contributed by atoms with Gasteiger partial charge in [-0.2, -0.15) is 0 Å². The summed E-state index contributed by atoms with van der Waals surface area (Å²) in [4.78, 5) is 28.9. The summed E-state index contributed by atoms with van der Waals surface area (Å²) < 4.78 is 2.52. The Balaban J connectivity index is 1.66. The molecule has 2 aromatic carbocycles. The summed E-state index contributed by atoms with van der Waals surface area (Å²) in [6, 6.07) is 15.4. The lowest BCUT2D eigenvalue weighted by molar-refractivity contribution is -0.118. The van der Waals surface area contributed by atoms with E-state index in [1.807, 2.05) is 55.5 Å². The van der Waals surface area contributed by atoms with Crippen LogP contribution >= 0.6 is 27.7 Å². The van der Waals surface area contributed by atoms with E-state index in [2.05, 4.69) is 26.2 Å². The molecule has 1 N–H and O–H groups in total. The highest BCUT2D eigenvalue weighted by molar-refractivity contribution is 9.10. The van der Waals surface area contributed by atoms with Crippen LogP contribution in [-0.2, 0) is 11.3 Å². The van der Waals surface area contributed by atoms with Crippen LogP contribution in [0.4, 0.5) is 0 Å². The Morgan fingerprint density at radius 1 is 1.22 bits per heavy atom. The number of benzene rings is 2. The van der Waals surface area contributed by atoms with Gasteiger partial charge in [-0.3, -0.25) is 14.2 Å². The molecule has 0 atom stereocenters. The fraction of sp³-hybridized carbons (Fsp3) is 0.150. The summed E-state index contributed by atoms with van der Waals surface area (Å²) in [5.41, 5.74) is 2.59. The SMILES string of the molecule is Cc1cc(-n2ccnc(SCC(=O)NCc3ccccc3)c2=O)ccc1Br. The maximum Gasteiger partial charge on any atom is 0.287 e. The third kappa shape index (κ3) is 5.08. The first kappa shape index (κ1) is 19.4. The Morgan fingerprint density at radius 3 is 2.74 bits per heavy atom. The molecule has 0 saturated heterocycles. The minimum absolute atomic E-state index is 0.137. The number of nitrogens with one attached hydrogen (secondary N) is 1. The summed E-state index contributed by atoms with van der Waals surface area (Å²) in [6.45, 7) is 2.43. The number of amides is 1. The van der Waals surface area contributed by atoms with Gasteiger partial charge in [0.25, 0.3) is 5.56 Å². The van der Waals surface area contributed by atoms with E-state index >= 15 is 0 Å². The van der Waals surface area contributed by atoms with Crippen molar-refractivity contribution in [2.75, 3.05) is 5.75 Å². The highest BCUT2D eigenvalue weighted by Gasteiger charge is 2.10. The van der Waals surface area contributed by atoms with Crippen molar-refractivity contribution in [1.29, 1.82) is 0 Å². The first-order chi connectivity index (χ1) is 13.0. The zero-order valence-corrected chi connectivity index (χ0v) is 17.1. The normalized spacial score (nSPS) is 10.6. The molecule has 0 aliphatic carbocycles. The lowest BCUT2D eigenvalue weighted by Crippen LogP contribution is -2.26. The van der Waals surface area contributed by atoms with Gasteiger partial charge in [-0.05, 0) is 36.2 Å². The zero-order valence-electron chi connectivity index (χ0n) is 14.7. The van der Waals surface area contributed by atoms with Crippen molar-refractivity contribution in [2.45, 2.75) is 18.5 Å². The summed E-state index contributed by atoms with van der Waals surface area (Å²) in [7, 11) is 0. The number of carbonyl (C=O) groups is 1. The van der Waals surface area contributed by atoms with Gasteiger partial charge < -0.3 is 5.32 Å². The Hall–Kier alpha value is -2.38. The third-order valence-electron chi connectivity index (χ3n) is 3.90. The fourth-order valence-electron chi connectivity index (χ4n) is 2.46. The Bertz CT molecular complexity index is 1010. The molecular formula is C20H18BrN3O2S. The van der Waals surface area contributed by atoms with Crippen LogP contribution in [0.1, 0.15) is 11.1 Å². The lowest BCUT2D eigenvalue weighted by atomic mass is 10.2. The van der Waals surface area contributed by atoms with Crippen LogP contribution < -0.4 is 10.9 Å². The maximum atomic E-state index is 12.7. The minimum atomic E-state index is -0.236. The molecule has 0 aliphatic rings. The number of aryl methyl sites for hydroxylation is 1. The van der Waals surface area contributed by atoms with Gasteiger partial charge in [-0.15, -0.1) is 0 Å². The van der Waals surface area contributed by atoms with Crippen LogP contribution in [0.5, 0.6) is 0 Å².